The Morgan fingerprint density at radius 2 is 1.75 bits per heavy atom. The lowest BCUT2D eigenvalue weighted by molar-refractivity contribution is 0.0724. The van der Waals surface area contributed by atoms with Gasteiger partial charge in [-0.25, -0.2) is 4.79 Å². The average Bonchev–Trinajstić information content (AvgIpc) is 2.74. The Hall–Kier alpha value is -1.62. The zero-order valence-corrected chi connectivity index (χ0v) is 22.7. The molecule has 0 spiro atoms. The van der Waals surface area contributed by atoms with Gasteiger partial charge in [-0.05, 0) is 62.4 Å². The normalized spacial score (nSPS) is 11.8. The van der Waals surface area contributed by atoms with Crippen LogP contribution in [-0.2, 0) is 13.6 Å². The monoisotopic (exact) mass is 481 g/mol. The van der Waals surface area contributed by atoms with Gasteiger partial charge in [0.15, 0.2) is 16.6 Å². The van der Waals surface area contributed by atoms with E-state index in [1.54, 1.807) is 6.08 Å². The minimum Gasteiger partial charge on any atom is -0.492 e. The van der Waals surface area contributed by atoms with Crippen LogP contribution < -0.4 is 10.1 Å². The van der Waals surface area contributed by atoms with Gasteiger partial charge in [0.2, 0.25) is 0 Å². The van der Waals surface area contributed by atoms with Crippen LogP contribution in [0.25, 0.3) is 6.08 Å². The van der Waals surface area contributed by atoms with Gasteiger partial charge in [-0.3, -0.25) is 0 Å². The van der Waals surface area contributed by atoms with Crippen LogP contribution in [0.3, 0.4) is 0 Å². The third kappa shape index (κ3) is 13.7. The fourth-order valence-electron chi connectivity index (χ4n) is 3.45. The summed E-state index contributed by atoms with van der Waals surface area (Å²) in [5.41, 5.74) is 0.992. The molecule has 0 aliphatic carbocycles. The quantitative estimate of drug-likeness (QED) is 0.216. The van der Waals surface area contributed by atoms with E-state index < -0.39 is 22.7 Å². The van der Waals surface area contributed by atoms with Crippen molar-refractivity contribution >= 4 is 28.8 Å². The maximum Gasteiger partial charge on any atom is 0.407 e. The van der Waals surface area contributed by atoms with Crippen molar-refractivity contribution in [2.24, 2.45) is 0 Å². The highest BCUT2D eigenvalue weighted by Gasteiger charge is 2.31. The zero-order valence-electron chi connectivity index (χ0n) is 20.7. The summed E-state index contributed by atoms with van der Waals surface area (Å²) in [6.07, 6.45) is 4.77. The highest BCUT2D eigenvalue weighted by Crippen LogP contribution is 2.24. The van der Waals surface area contributed by atoms with E-state index in [0.29, 0.717) is 26.4 Å². The first kappa shape index (κ1) is 28.4. The number of hydrogen-bond donors (Lipinski definition) is 1. The molecule has 1 aromatic rings. The van der Waals surface area contributed by atoms with Gasteiger partial charge in [0.05, 0.1) is 13.2 Å². The van der Waals surface area contributed by atoms with Gasteiger partial charge in [0.25, 0.3) is 0 Å². The van der Waals surface area contributed by atoms with Crippen molar-refractivity contribution in [2.75, 3.05) is 33.0 Å². The van der Waals surface area contributed by atoms with E-state index in [1.807, 2.05) is 24.3 Å². The predicted octanol–water partition coefficient (Wildman–Crippen LogP) is 6.07. The van der Waals surface area contributed by atoms with Gasteiger partial charge in [-0.15, -0.1) is 0 Å². The first-order valence-corrected chi connectivity index (χ1v) is 17.9. The predicted molar refractivity (Wildman–Crippen MR) is 137 cm³/mol. The molecule has 0 atom stereocenters. The Balaban J connectivity index is 2.05. The number of carbonyl (C=O) groups is 1. The molecule has 0 bridgehead atoms. The van der Waals surface area contributed by atoms with Crippen LogP contribution in [0.5, 0.6) is 5.75 Å². The number of amides is 1. The molecule has 0 radical (unpaired) electrons. The van der Waals surface area contributed by atoms with Gasteiger partial charge in [-0.2, -0.15) is 0 Å². The van der Waals surface area contributed by atoms with E-state index in [4.69, 9.17) is 18.3 Å². The summed E-state index contributed by atoms with van der Waals surface area (Å²) in [4.78, 5) is 11.7. The molecule has 6 nitrogen and oxygen atoms in total. The molecule has 1 N–H and O–H groups in total. The Morgan fingerprint density at radius 1 is 1.03 bits per heavy atom. The van der Waals surface area contributed by atoms with E-state index in [2.05, 4.69) is 45.0 Å². The molecule has 0 saturated carbocycles. The number of alkyl carbamates (subject to hydrolysis) is 1. The Morgan fingerprint density at radius 3 is 2.44 bits per heavy atom. The Bertz CT molecular complexity index is 682. The number of hydrogen-bond acceptors (Lipinski definition) is 5. The van der Waals surface area contributed by atoms with Crippen molar-refractivity contribution < 1.29 is 23.1 Å². The average molecular weight is 482 g/mol. The maximum atomic E-state index is 11.7. The second kappa shape index (κ2) is 15.3. The van der Waals surface area contributed by atoms with Crippen LogP contribution in [0.1, 0.15) is 31.7 Å². The summed E-state index contributed by atoms with van der Waals surface area (Å²) in [5.74, 6) is 0.745. The minimum atomic E-state index is -1.65. The van der Waals surface area contributed by atoms with Gasteiger partial charge in [0, 0.05) is 6.61 Å². The lowest BCUT2D eigenvalue weighted by atomic mass is 10.2. The topological polar surface area (TPSA) is 66.0 Å². The molecule has 0 unspecified atom stereocenters. The largest absolute Gasteiger partial charge is 0.492 e. The maximum absolute atomic E-state index is 11.7. The van der Waals surface area contributed by atoms with Crippen molar-refractivity contribution in [2.45, 2.75) is 64.5 Å². The summed E-state index contributed by atoms with van der Waals surface area (Å²) in [5, 5.41) is 2.67. The molecule has 0 fully saturated rings. The molecule has 1 amide bonds. The van der Waals surface area contributed by atoms with Crippen LogP contribution in [0.2, 0.25) is 38.3 Å². The van der Waals surface area contributed by atoms with Gasteiger partial charge < -0.3 is 23.6 Å². The molecular weight excluding hydrogens is 438 g/mol. The molecule has 8 heteroatoms. The number of nitrogens with one attached hydrogen (secondary N) is 1. The molecular formula is C24H43NO5Si2. The first-order valence-electron chi connectivity index (χ1n) is 11.7. The summed E-state index contributed by atoms with van der Waals surface area (Å²) in [6, 6.07) is 9.95. The van der Waals surface area contributed by atoms with Crippen molar-refractivity contribution in [3.8, 4) is 5.75 Å². The molecule has 0 saturated heterocycles. The molecule has 182 valence electrons. The summed E-state index contributed by atoms with van der Waals surface area (Å²) in [6.45, 7) is 17.3. The number of carbonyl (C=O) groups excluding carboxylic acids is 1. The van der Waals surface area contributed by atoms with E-state index in [9.17, 15) is 4.79 Å². The fourth-order valence-corrected chi connectivity index (χ4v) is 12.5. The molecule has 1 aromatic carbocycles. The van der Waals surface area contributed by atoms with E-state index >= 15 is 0 Å². The lowest BCUT2D eigenvalue weighted by Gasteiger charge is -2.34. The third-order valence-corrected chi connectivity index (χ3v) is 12.5. The third-order valence-electron chi connectivity index (χ3n) is 4.95. The van der Waals surface area contributed by atoms with E-state index in [-0.39, 0.29) is 6.61 Å². The SMILES string of the molecule is C=Cc1cccc(OCCNC(=O)OCCOCCC[Si](C)(C)O[Si](C)(C)CCCC)c1. The lowest BCUT2D eigenvalue weighted by Crippen LogP contribution is -2.44. The molecule has 32 heavy (non-hydrogen) atoms. The van der Waals surface area contributed by atoms with Crippen molar-refractivity contribution in [1.82, 2.24) is 5.32 Å². The number of benzene rings is 1. The number of rotatable bonds is 17. The Kier molecular flexibility index (Phi) is 13.6. The summed E-state index contributed by atoms with van der Waals surface area (Å²) < 4.78 is 22.9. The van der Waals surface area contributed by atoms with Crippen LogP contribution in [0, 0.1) is 0 Å². The van der Waals surface area contributed by atoms with Crippen molar-refractivity contribution in [3.05, 3.63) is 36.4 Å². The highest BCUT2D eigenvalue weighted by atomic mass is 28.4. The molecule has 1 rings (SSSR count). The van der Waals surface area contributed by atoms with E-state index in [0.717, 1.165) is 23.8 Å². The Labute approximate surface area is 196 Å². The molecule has 0 heterocycles. The van der Waals surface area contributed by atoms with Crippen LogP contribution >= 0.6 is 0 Å². The highest BCUT2D eigenvalue weighted by molar-refractivity contribution is 6.84. The second-order valence-electron chi connectivity index (χ2n) is 9.13. The molecule has 0 aliphatic heterocycles. The first-order chi connectivity index (χ1) is 15.2. The van der Waals surface area contributed by atoms with Crippen LogP contribution in [0.4, 0.5) is 4.79 Å². The second-order valence-corrected chi connectivity index (χ2v) is 18.0. The van der Waals surface area contributed by atoms with Crippen LogP contribution in [-0.4, -0.2) is 55.7 Å². The number of ether oxygens (including phenoxy) is 3. The van der Waals surface area contributed by atoms with Crippen molar-refractivity contribution in [3.63, 3.8) is 0 Å². The standard InChI is InChI=1S/C24H43NO5Si2/c1-7-9-19-31(3,4)30-32(5,6)20-11-15-27-17-18-29-24(26)25-14-16-28-23-13-10-12-22(8-2)21-23/h8,10,12-13,21H,2,7,9,11,14-20H2,1,3-6H3,(H,25,26). The fraction of sp³-hybridized carbons (Fsp3) is 0.625. The van der Waals surface area contributed by atoms with Crippen LogP contribution in [0.15, 0.2) is 30.8 Å². The smallest absolute Gasteiger partial charge is 0.407 e. The van der Waals surface area contributed by atoms with E-state index in [1.165, 1.54) is 18.9 Å². The summed E-state index contributed by atoms with van der Waals surface area (Å²) in [7, 11) is -3.20. The molecule has 0 aliphatic rings. The summed E-state index contributed by atoms with van der Waals surface area (Å²) >= 11 is 0. The minimum absolute atomic E-state index is 0.238. The van der Waals surface area contributed by atoms with Gasteiger partial charge in [-0.1, -0.05) is 44.6 Å². The van der Waals surface area contributed by atoms with Crippen molar-refractivity contribution in [1.29, 1.82) is 0 Å². The zero-order chi connectivity index (χ0) is 23.9. The van der Waals surface area contributed by atoms with Gasteiger partial charge in [0.1, 0.15) is 19.0 Å². The molecule has 0 aromatic heterocycles. The van der Waals surface area contributed by atoms with Gasteiger partial charge >= 0.3 is 6.09 Å². The number of unbranched alkanes of at least 4 members (excludes halogenated alkanes) is 1.